The molecule has 1 saturated heterocycles. The van der Waals surface area contributed by atoms with Crippen molar-refractivity contribution in [3.8, 4) is 5.75 Å². The van der Waals surface area contributed by atoms with E-state index >= 15 is 0 Å². The molecule has 0 N–H and O–H groups in total. The Morgan fingerprint density at radius 3 is 2.08 bits per heavy atom. The summed E-state index contributed by atoms with van der Waals surface area (Å²) in [4.78, 5) is 28.4. The third kappa shape index (κ3) is 3.80. The molecule has 0 aromatic heterocycles. The number of benzene rings is 2. The van der Waals surface area contributed by atoms with Gasteiger partial charge in [-0.25, -0.2) is 4.39 Å². The van der Waals surface area contributed by atoms with E-state index in [0.717, 1.165) is 6.07 Å². The van der Waals surface area contributed by atoms with Crippen LogP contribution in [0.25, 0.3) is 0 Å². The standard InChI is InChI=1S/C19H18ClFN2O3/c1-26-15-5-2-13(3-6-15)18(24)22-8-10-23(11-9-22)19(25)16-7-4-14(21)12-17(16)20/h2-7,12H,8-11H2,1H3. The number of hydrogen-bond acceptors (Lipinski definition) is 3. The van der Waals surface area contributed by atoms with Gasteiger partial charge in [-0.05, 0) is 42.5 Å². The van der Waals surface area contributed by atoms with Crippen LogP contribution in [-0.2, 0) is 0 Å². The Morgan fingerprint density at radius 2 is 1.54 bits per heavy atom. The summed E-state index contributed by atoms with van der Waals surface area (Å²) in [5, 5.41) is 0.0896. The van der Waals surface area contributed by atoms with Gasteiger partial charge in [-0.15, -0.1) is 0 Å². The van der Waals surface area contributed by atoms with E-state index in [1.807, 2.05) is 0 Å². The zero-order chi connectivity index (χ0) is 18.7. The minimum Gasteiger partial charge on any atom is -0.497 e. The number of piperazine rings is 1. The average molecular weight is 377 g/mol. The molecule has 1 heterocycles. The lowest BCUT2D eigenvalue weighted by Crippen LogP contribution is -2.50. The van der Waals surface area contributed by atoms with E-state index in [0.29, 0.717) is 37.5 Å². The molecule has 0 bridgehead atoms. The molecule has 0 radical (unpaired) electrons. The summed E-state index contributed by atoms with van der Waals surface area (Å²) < 4.78 is 18.2. The van der Waals surface area contributed by atoms with Crippen molar-refractivity contribution < 1.29 is 18.7 Å². The van der Waals surface area contributed by atoms with Gasteiger partial charge in [0.1, 0.15) is 11.6 Å². The van der Waals surface area contributed by atoms with E-state index in [9.17, 15) is 14.0 Å². The quantitative estimate of drug-likeness (QED) is 0.827. The highest BCUT2D eigenvalue weighted by atomic mass is 35.5. The van der Waals surface area contributed by atoms with Crippen LogP contribution in [-0.4, -0.2) is 54.9 Å². The fraction of sp³-hybridized carbons (Fsp3) is 0.263. The highest BCUT2D eigenvalue weighted by Crippen LogP contribution is 2.20. The lowest BCUT2D eigenvalue weighted by molar-refractivity contribution is 0.0535. The number of amides is 2. The fourth-order valence-electron chi connectivity index (χ4n) is 2.86. The van der Waals surface area contributed by atoms with Crippen LogP contribution in [0.1, 0.15) is 20.7 Å². The predicted octanol–water partition coefficient (Wildman–Crippen LogP) is 3.09. The first-order valence-corrected chi connectivity index (χ1v) is 8.55. The highest BCUT2D eigenvalue weighted by molar-refractivity contribution is 6.33. The summed E-state index contributed by atoms with van der Waals surface area (Å²) in [6, 6.07) is 10.6. The molecule has 1 aliphatic heterocycles. The maximum Gasteiger partial charge on any atom is 0.255 e. The van der Waals surface area contributed by atoms with Gasteiger partial charge in [-0.3, -0.25) is 9.59 Å². The van der Waals surface area contributed by atoms with Crippen molar-refractivity contribution in [3.05, 3.63) is 64.4 Å². The van der Waals surface area contributed by atoms with E-state index < -0.39 is 5.82 Å². The molecule has 2 aromatic rings. The monoisotopic (exact) mass is 376 g/mol. The average Bonchev–Trinajstić information content (AvgIpc) is 2.67. The molecule has 1 fully saturated rings. The summed E-state index contributed by atoms with van der Waals surface area (Å²) in [6.07, 6.45) is 0. The number of carbonyl (C=O) groups is 2. The summed E-state index contributed by atoms with van der Waals surface area (Å²) in [7, 11) is 1.57. The van der Waals surface area contributed by atoms with Gasteiger partial charge in [0, 0.05) is 31.7 Å². The largest absolute Gasteiger partial charge is 0.497 e. The van der Waals surface area contributed by atoms with Crippen molar-refractivity contribution in [3.63, 3.8) is 0 Å². The number of hydrogen-bond donors (Lipinski definition) is 0. The first-order chi connectivity index (χ1) is 12.5. The van der Waals surface area contributed by atoms with Gasteiger partial charge in [-0.2, -0.15) is 0 Å². The maximum absolute atomic E-state index is 13.1. The van der Waals surface area contributed by atoms with Crippen LogP contribution in [0.5, 0.6) is 5.75 Å². The molecule has 0 spiro atoms. The zero-order valence-corrected chi connectivity index (χ0v) is 15.0. The number of methoxy groups -OCH3 is 1. The van der Waals surface area contributed by atoms with E-state index in [2.05, 4.69) is 0 Å². The highest BCUT2D eigenvalue weighted by Gasteiger charge is 2.26. The Labute approximate surface area is 155 Å². The minimum absolute atomic E-state index is 0.0837. The molecule has 0 atom stereocenters. The summed E-state index contributed by atoms with van der Waals surface area (Å²) in [5.41, 5.74) is 0.843. The summed E-state index contributed by atoms with van der Waals surface area (Å²) >= 11 is 5.97. The van der Waals surface area contributed by atoms with Crippen molar-refractivity contribution in [2.24, 2.45) is 0 Å². The normalized spacial score (nSPS) is 14.3. The van der Waals surface area contributed by atoms with Crippen molar-refractivity contribution in [2.75, 3.05) is 33.3 Å². The van der Waals surface area contributed by atoms with Gasteiger partial charge in [0.05, 0.1) is 17.7 Å². The molecule has 3 rings (SSSR count). The van der Waals surface area contributed by atoms with Gasteiger partial charge in [0.2, 0.25) is 0 Å². The van der Waals surface area contributed by atoms with Gasteiger partial charge < -0.3 is 14.5 Å². The zero-order valence-electron chi connectivity index (χ0n) is 14.2. The molecular formula is C19H18ClFN2O3. The smallest absolute Gasteiger partial charge is 0.255 e. The van der Waals surface area contributed by atoms with Crippen LogP contribution in [0.2, 0.25) is 5.02 Å². The molecule has 136 valence electrons. The Kier molecular flexibility index (Phi) is 5.42. The van der Waals surface area contributed by atoms with Crippen LogP contribution < -0.4 is 4.74 Å². The molecule has 1 aliphatic rings. The SMILES string of the molecule is COc1ccc(C(=O)N2CCN(C(=O)c3ccc(F)cc3Cl)CC2)cc1. The molecule has 2 amide bonds. The van der Waals surface area contributed by atoms with E-state index in [1.54, 1.807) is 41.2 Å². The van der Waals surface area contributed by atoms with Gasteiger partial charge in [-0.1, -0.05) is 11.6 Å². The van der Waals surface area contributed by atoms with Gasteiger partial charge in [0.25, 0.3) is 11.8 Å². The fourth-order valence-corrected chi connectivity index (χ4v) is 3.11. The Balaban J connectivity index is 1.63. The first kappa shape index (κ1) is 18.2. The number of halogens is 2. The third-order valence-corrected chi connectivity index (χ3v) is 4.67. The maximum atomic E-state index is 13.1. The molecule has 7 heteroatoms. The molecule has 26 heavy (non-hydrogen) atoms. The molecule has 0 saturated carbocycles. The molecular weight excluding hydrogens is 359 g/mol. The van der Waals surface area contributed by atoms with Crippen LogP contribution >= 0.6 is 11.6 Å². The van der Waals surface area contributed by atoms with E-state index in [1.165, 1.54) is 12.1 Å². The second-order valence-corrected chi connectivity index (χ2v) is 6.34. The minimum atomic E-state index is -0.485. The topological polar surface area (TPSA) is 49.9 Å². The molecule has 0 aliphatic carbocycles. The van der Waals surface area contributed by atoms with Crippen molar-refractivity contribution in [1.29, 1.82) is 0 Å². The predicted molar refractivity (Wildman–Crippen MR) is 96.2 cm³/mol. The first-order valence-electron chi connectivity index (χ1n) is 8.17. The number of ether oxygens (including phenoxy) is 1. The van der Waals surface area contributed by atoms with Crippen LogP contribution in [0.3, 0.4) is 0 Å². The summed E-state index contributed by atoms with van der Waals surface area (Å²) in [5.74, 6) is -0.138. The number of carbonyl (C=O) groups excluding carboxylic acids is 2. The van der Waals surface area contributed by atoms with E-state index in [4.69, 9.17) is 16.3 Å². The number of nitrogens with zero attached hydrogens (tertiary/aromatic N) is 2. The Bertz CT molecular complexity index is 818. The Hall–Kier alpha value is -2.60. The van der Waals surface area contributed by atoms with Crippen molar-refractivity contribution in [1.82, 2.24) is 9.80 Å². The van der Waals surface area contributed by atoms with Crippen molar-refractivity contribution >= 4 is 23.4 Å². The van der Waals surface area contributed by atoms with Crippen molar-refractivity contribution in [2.45, 2.75) is 0 Å². The van der Waals surface area contributed by atoms with Crippen LogP contribution in [0.4, 0.5) is 4.39 Å². The Morgan fingerprint density at radius 1 is 0.962 bits per heavy atom. The van der Waals surface area contributed by atoms with Gasteiger partial charge >= 0.3 is 0 Å². The molecule has 5 nitrogen and oxygen atoms in total. The number of rotatable bonds is 3. The second-order valence-electron chi connectivity index (χ2n) is 5.94. The lowest BCUT2D eigenvalue weighted by Gasteiger charge is -2.35. The lowest BCUT2D eigenvalue weighted by atomic mass is 10.1. The second kappa shape index (κ2) is 7.74. The van der Waals surface area contributed by atoms with Crippen LogP contribution in [0.15, 0.2) is 42.5 Å². The summed E-state index contributed by atoms with van der Waals surface area (Å²) in [6.45, 7) is 1.65. The van der Waals surface area contributed by atoms with Gasteiger partial charge in [0.15, 0.2) is 0 Å². The van der Waals surface area contributed by atoms with E-state index in [-0.39, 0.29) is 22.4 Å². The van der Waals surface area contributed by atoms with Crippen LogP contribution in [0, 0.1) is 5.82 Å². The molecule has 0 unspecified atom stereocenters. The molecule has 2 aromatic carbocycles. The third-order valence-electron chi connectivity index (χ3n) is 4.35.